The SMILES string of the molecule is CC(CCCC(=O)O)N1CCCCCC1=O. The summed E-state index contributed by atoms with van der Waals surface area (Å²) >= 11 is 0. The molecule has 0 aromatic carbocycles. The second-order valence-electron chi connectivity index (χ2n) is 4.53. The van der Waals surface area contributed by atoms with Gasteiger partial charge >= 0.3 is 5.97 Å². The first-order valence-electron chi connectivity index (χ1n) is 6.12. The van der Waals surface area contributed by atoms with Gasteiger partial charge in [0.25, 0.3) is 0 Å². The lowest BCUT2D eigenvalue weighted by Crippen LogP contribution is -2.38. The molecule has 0 spiro atoms. The summed E-state index contributed by atoms with van der Waals surface area (Å²) in [5.74, 6) is -0.519. The number of carboxylic acids is 1. The minimum absolute atomic E-state index is 0.185. The smallest absolute Gasteiger partial charge is 0.303 e. The van der Waals surface area contributed by atoms with Crippen molar-refractivity contribution in [2.75, 3.05) is 6.54 Å². The van der Waals surface area contributed by atoms with Crippen LogP contribution >= 0.6 is 0 Å². The molecule has 4 heteroatoms. The molecule has 1 unspecified atom stereocenters. The van der Waals surface area contributed by atoms with Gasteiger partial charge in [0, 0.05) is 25.4 Å². The molecule has 1 aliphatic heterocycles. The van der Waals surface area contributed by atoms with E-state index in [4.69, 9.17) is 5.11 Å². The Labute approximate surface area is 96.6 Å². The summed E-state index contributed by atoms with van der Waals surface area (Å²) in [7, 11) is 0. The minimum atomic E-state index is -0.755. The van der Waals surface area contributed by atoms with Crippen molar-refractivity contribution in [2.45, 2.75) is 57.9 Å². The third-order valence-electron chi connectivity index (χ3n) is 3.15. The molecule has 1 fully saturated rings. The van der Waals surface area contributed by atoms with Crippen LogP contribution in [0.1, 0.15) is 51.9 Å². The van der Waals surface area contributed by atoms with Gasteiger partial charge in [0.15, 0.2) is 0 Å². The van der Waals surface area contributed by atoms with Gasteiger partial charge in [0.05, 0.1) is 0 Å². The third-order valence-corrected chi connectivity index (χ3v) is 3.15. The molecule has 92 valence electrons. The Morgan fingerprint density at radius 2 is 2.19 bits per heavy atom. The zero-order chi connectivity index (χ0) is 12.0. The lowest BCUT2D eigenvalue weighted by atomic mass is 10.1. The lowest BCUT2D eigenvalue weighted by molar-refractivity contribution is -0.137. The summed E-state index contributed by atoms with van der Waals surface area (Å²) in [6.45, 7) is 2.86. The van der Waals surface area contributed by atoms with Crippen LogP contribution in [0.15, 0.2) is 0 Å². The third kappa shape index (κ3) is 4.21. The van der Waals surface area contributed by atoms with Crippen molar-refractivity contribution in [2.24, 2.45) is 0 Å². The van der Waals surface area contributed by atoms with Crippen LogP contribution < -0.4 is 0 Å². The fourth-order valence-corrected chi connectivity index (χ4v) is 2.17. The van der Waals surface area contributed by atoms with Crippen molar-refractivity contribution < 1.29 is 14.7 Å². The van der Waals surface area contributed by atoms with Gasteiger partial charge in [-0.05, 0) is 32.6 Å². The molecule has 0 bridgehead atoms. The number of carbonyl (C=O) groups is 2. The first kappa shape index (κ1) is 13.0. The standard InChI is InChI=1S/C12H21NO3/c1-10(6-5-8-12(15)16)13-9-4-2-3-7-11(13)14/h10H,2-9H2,1H3,(H,15,16). The average Bonchev–Trinajstić information content (AvgIpc) is 2.42. The number of hydrogen-bond donors (Lipinski definition) is 1. The van der Waals surface area contributed by atoms with Crippen molar-refractivity contribution >= 4 is 11.9 Å². The molecule has 1 heterocycles. The summed E-state index contributed by atoms with van der Waals surface area (Å²) in [5.41, 5.74) is 0. The zero-order valence-corrected chi connectivity index (χ0v) is 9.95. The number of rotatable bonds is 5. The van der Waals surface area contributed by atoms with Gasteiger partial charge in [-0.3, -0.25) is 9.59 Å². The van der Waals surface area contributed by atoms with Crippen molar-refractivity contribution in [3.63, 3.8) is 0 Å². The predicted molar refractivity (Wildman–Crippen MR) is 61.1 cm³/mol. The van der Waals surface area contributed by atoms with Gasteiger partial charge in [-0.15, -0.1) is 0 Å². The second kappa shape index (κ2) is 6.51. The molecule has 0 aromatic heterocycles. The Kier molecular flexibility index (Phi) is 5.29. The van der Waals surface area contributed by atoms with Crippen molar-refractivity contribution in [1.82, 2.24) is 4.90 Å². The van der Waals surface area contributed by atoms with Crippen LogP contribution in [0.25, 0.3) is 0 Å². The van der Waals surface area contributed by atoms with E-state index in [1.54, 1.807) is 0 Å². The summed E-state index contributed by atoms with van der Waals surface area (Å²) in [6.07, 6.45) is 5.50. The van der Waals surface area contributed by atoms with Gasteiger partial charge in [-0.25, -0.2) is 0 Å². The van der Waals surface area contributed by atoms with E-state index in [0.29, 0.717) is 12.8 Å². The van der Waals surface area contributed by atoms with Crippen LogP contribution in [-0.4, -0.2) is 34.5 Å². The Bertz CT molecular complexity index is 253. The maximum Gasteiger partial charge on any atom is 0.303 e. The first-order valence-corrected chi connectivity index (χ1v) is 6.12. The van der Waals surface area contributed by atoms with Crippen molar-refractivity contribution in [3.05, 3.63) is 0 Å². The largest absolute Gasteiger partial charge is 0.481 e. The van der Waals surface area contributed by atoms with Gasteiger partial charge < -0.3 is 10.0 Å². The molecule has 1 saturated heterocycles. The van der Waals surface area contributed by atoms with Crippen LogP contribution in [0, 0.1) is 0 Å². The van der Waals surface area contributed by atoms with Gasteiger partial charge in [0.1, 0.15) is 0 Å². The number of likely N-dealkylation sites (tertiary alicyclic amines) is 1. The van der Waals surface area contributed by atoms with Crippen molar-refractivity contribution in [1.29, 1.82) is 0 Å². The highest BCUT2D eigenvalue weighted by Gasteiger charge is 2.21. The summed E-state index contributed by atoms with van der Waals surface area (Å²) in [6, 6.07) is 0.185. The minimum Gasteiger partial charge on any atom is -0.481 e. The molecule has 1 N–H and O–H groups in total. The fourth-order valence-electron chi connectivity index (χ4n) is 2.17. The van der Waals surface area contributed by atoms with E-state index in [0.717, 1.165) is 32.2 Å². The normalized spacial score (nSPS) is 19.3. The molecular weight excluding hydrogens is 206 g/mol. The molecule has 0 aromatic rings. The lowest BCUT2D eigenvalue weighted by Gasteiger charge is -2.27. The van der Waals surface area contributed by atoms with Gasteiger partial charge in [0.2, 0.25) is 5.91 Å². The predicted octanol–water partition coefficient (Wildman–Crippen LogP) is 2.03. The monoisotopic (exact) mass is 227 g/mol. The number of carbonyl (C=O) groups excluding carboxylic acids is 1. The Morgan fingerprint density at radius 1 is 1.44 bits per heavy atom. The Morgan fingerprint density at radius 3 is 2.88 bits per heavy atom. The molecule has 0 aliphatic carbocycles. The second-order valence-corrected chi connectivity index (χ2v) is 4.53. The molecule has 0 saturated carbocycles. The van der Waals surface area contributed by atoms with Crippen LogP contribution in [0.3, 0.4) is 0 Å². The zero-order valence-electron chi connectivity index (χ0n) is 9.95. The molecule has 1 aliphatic rings. The summed E-state index contributed by atoms with van der Waals surface area (Å²) in [5, 5.41) is 8.55. The van der Waals surface area contributed by atoms with Crippen LogP contribution in [0.5, 0.6) is 0 Å². The van der Waals surface area contributed by atoms with Crippen LogP contribution in [0.4, 0.5) is 0 Å². The molecule has 0 radical (unpaired) electrons. The van der Waals surface area contributed by atoms with Crippen molar-refractivity contribution in [3.8, 4) is 0 Å². The molecular formula is C12H21NO3. The van der Waals surface area contributed by atoms with E-state index >= 15 is 0 Å². The Hall–Kier alpha value is -1.06. The number of nitrogens with zero attached hydrogens (tertiary/aromatic N) is 1. The maximum atomic E-state index is 11.8. The molecule has 1 amide bonds. The van der Waals surface area contributed by atoms with E-state index < -0.39 is 5.97 Å². The molecule has 1 rings (SSSR count). The van der Waals surface area contributed by atoms with Gasteiger partial charge in [-0.2, -0.15) is 0 Å². The quantitative estimate of drug-likeness (QED) is 0.781. The number of carboxylic acid groups (broad SMARTS) is 1. The Balaban J connectivity index is 2.35. The van der Waals surface area contributed by atoms with Crippen LogP contribution in [-0.2, 0) is 9.59 Å². The molecule has 16 heavy (non-hydrogen) atoms. The van der Waals surface area contributed by atoms with E-state index in [9.17, 15) is 9.59 Å². The fraction of sp³-hybridized carbons (Fsp3) is 0.833. The molecule has 1 atom stereocenters. The highest BCUT2D eigenvalue weighted by Crippen LogP contribution is 2.16. The van der Waals surface area contributed by atoms with E-state index in [-0.39, 0.29) is 18.4 Å². The summed E-state index contributed by atoms with van der Waals surface area (Å²) in [4.78, 5) is 24.1. The molecule has 4 nitrogen and oxygen atoms in total. The highest BCUT2D eigenvalue weighted by molar-refractivity contribution is 5.76. The topological polar surface area (TPSA) is 57.6 Å². The highest BCUT2D eigenvalue weighted by atomic mass is 16.4. The number of amides is 1. The van der Waals surface area contributed by atoms with E-state index in [1.807, 2.05) is 11.8 Å². The number of aliphatic carboxylic acids is 1. The average molecular weight is 227 g/mol. The van der Waals surface area contributed by atoms with E-state index in [1.165, 1.54) is 0 Å². The number of hydrogen-bond acceptors (Lipinski definition) is 2. The van der Waals surface area contributed by atoms with E-state index in [2.05, 4.69) is 0 Å². The first-order chi connectivity index (χ1) is 7.61. The summed E-state index contributed by atoms with van der Waals surface area (Å²) < 4.78 is 0. The van der Waals surface area contributed by atoms with Gasteiger partial charge in [-0.1, -0.05) is 6.42 Å². The van der Waals surface area contributed by atoms with Crippen LogP contribution in [0.2, 0.25) is 0 Å². The maximum absolute atomic E-state index is 11.8.